The van der Waals surface area contributed by atoms with Crippen molar-refractivity contribution in [2.45, 2.75) is 178 Å². The molecule has 0 aliphatic carbocycles. The molecule has 0 fully saturated rings. The number of nitrogens with one attached hydrogen (secondary N) is 1. The third-order valence-electron chi connectivity index (χ3n) is 10.9. The highest BCUT2D eigenvalue weighted by Crippen LogP contribution is 2.71. The summed E-state index contributed by atoms with van der Waals surface area (Å²) in [5.41, 5.74) is -0.912. The van der Waals surface area contributed by atoms with E-state index in [-0.39, 0.29) is 37.0 Å². The smallest absolute Gasteiger partial charge is 0.460 e. The van der Waals surface area contributed by atoms with Gasteiger partial charge in [-0.15, -0.1) is 0 Å². The minimum Gasteiger partial charge on any atom is -0.465 e. The van der Waals surface area contributed by atoms with E-state index in [4.69, 9.17) is 4.74 Å². The van der Waals surface area contributed by atoms with Crippen molar-refractivity contribution in [3.63, 3.8) is 0 Å². The second-order valence-electron chi connectivity index (χ2n) is 16.7. The van der Waals surface area contributed by atoms with Gasteiger partial charge in [-0.1, -0.05) is 32.6 Å². The van der Waals surface area contributed by atoms with Gasteiger partial charge in [0.2, 0.25) is 0 Å². The Morgan fingerprint density at radius 3 is 0.769 bits per heavy atom. The van der Waals surface area contributed by atoms with E-state index in [1.54, 1.807) is 6.92 Å². The summed E-state index contributed by atoms with van der Waals surface area (Å²) in [4.78, 5) is 11.8. The van der Waals surface area contributed by atoms with Gasteiger partial charge < -0.3 is 4.74 Å². The highest BCUT2D eigenvalue weighted by molar-refractivity contribution is 7.90. The van der Waals surface area contributed by atoms with E-state index in [1.807, 2.05) is 0 Å². The third kappa shape index (κ3) is 10.3. The molecule has 0 atom stereocenters. The fourth-order valence-corrected chi connectivity index (χ4v) is 6.28. The number of rotatable bonds is 30. The summed E-state index contributed by atoms with van der Waals surface area (Å²) in [6, 6.07) is 0. The van der Waals surface area contributed by atoms with Gasteiger partial charge in [-0.05, 0) is 33.1 Å². The van der Waals surface area contributed by atoms with E-state index < -0.39 is 153 Å². The second-order valence-corrected chi connectivity index (χ2v) is 18.5. The predicted molar refractivity (Wildman–Crippen MR) is 175 cm³/mol. The van der Waals surface area contributed by atoms with Crippen LogP contribution < -0.4 is 4.72 Å². The number of hydrogen-bond donors (Lipinski definition) is 1. The molecule has 0 bridgehead atoms. The summed E-state index contributed by atoms with van der Waals surface area (Å²) in [6.45, 7) is 2.70. The van der Waals surface area contributed by atoms with Crippen molar-refractivity contribution in [1.29, 1.82) is 0 Å². The van der Waals surface area contributed by atoms with Crippen molar-refractivity contribution in [2.24, 2.45) is 5.41 Å². The average molecular weight is 1280 g/mol. The van der Waals surface area contributed by atoms with E-state index in [0.717, 1.165) is 0 Å². The lowest BCUT2D eigenvalue weighted by molar-refractivity contribution is -0.494. The maximum atomic E-state index is 14.4. The number of ether oxygens (including phenoxy) is 1. The molecule has 0 aliphatic rings. The molecule has 0 unspecified atom stereocenters. The molecule has 0 aromatic heterocycles. The number of alkyl halides is 39. The van der Waals surface area contributed by atoms with E-state index >= 15 is 0 Å². The zero-order chi connectivity index (χ0) is 63.9. The van der Waals surface area contributed by atoms with Crippen molar-refractivity contribution >= 4 is 16.0 Å². The molecule has 468 valence electrons. The standard InChI is InChI=1S/C33H28F39NO4S/c1-4-14(2,3)13(74)77-12-10-8-6-5-7-9-11-73-78(75,76)33(71,72)31(66,67)29(62,63)27(58,59)25(54,55)23(50,51)21(46,47)19(42,43)17(38,39)15(34,35)16(36,37)18(40,41)20(44,45)22(48,49)24(52,53)26(56,57)28(60,61)30(64,65)32(68,69)70/h73H,4-12H2,1-3H3. The normalized spacial score (nSPS) is 16.5. The summed E-state index contributed by atoms with van der Waals surface area (Å²) in [6.07, 6.45) is -9.34. The minimum absolute atomic E-state index is 0.0586. The predicted octanol–water partition coefficient (Wildman–Crippen LogP) is 15.2. The lowest BCUT2D eigenvalue weighted by Crippen LogP contribution is -2.80. The fraction of sp³-hybridized carbons (Fsp3) is 0.970. The number of halogens is 39. The van der Waals surface area contributed by atoms with Gasteiger partial charge in [0, 0.05) is 6.54 Å². The number of hydrogen-bond acceptors (Lipinski definition) is 4. The van der Waals surface area contributed by atoms with Gasteiger partial charge in [-0.2, -0.15) is 171 Å². The Morgan fingerprint density at radius 1 is 0.333 bits per heavy atom. The van der Waals surface area contributed by atoms with Crippen LogP contribution in [0.2, 0.25) is 0 Å². The Bertz CT molecular complexity index is 2200. The minimum atomic E-state index is -10.6. The first kappa shape index (κ1) is 74.7. The Kier molecular flexibility index (Phi) is 19.9. The third-order valence-corrected chi connectivity index (χ3v) is 12.4. The van der Waals surface area contributed by atoms with Gasteiger partial charge in [0.1, 0.15) is 0 Å². The van der Waals surface area contributed by atoms with E-state index in [2.05, 4.69) is 0 Å². The van der Waals surface area contributed by atoms with Crippen LogP contribution in [0.15, 0.2) is 0 Å². The van der Waals surface area contributed by atoms with Crippen LogP contribution >= 0.6 is 0 Å². The Balaban J connectivity index is 7.22. The van der Waals surface area contributed by atoms with Crippen LogP contribution in [-0.2, 0) is 19.6 Å². The first-order valence-corrected chi connectivity index (χ1v) is 21.0. The van der Waals surface area contributed by atoms with Gasteiger partial charge in [0.05, 0.1) is 12.0 Å². The summed E-state index contributed by atoms with van der Waals surface area (Å²) >= 11 is 0. The number of carbonyl (C=O) groups excluding carboxylic acids is 1. The number of carbonyl (C=O) groups is 1. The fourth-order valence-electron chi connectivity index (χ4n) is 5.22. The molecule has 0 aromatic rings. The molecule has 0 radical (unpaired) electrons. The van der Waals surface area contributed by atoms with E-state index in [1.165, 1.54) is 13.8 Å². The molecule has 0 saturated heterocycles. The monoisotopic (exact) mass is 1280 g/mol. The molecule has 0 spiro atoms. The largest absolute Gasteiger partial charge is 0.465 e. The lowest BCUT2D eigenvalue weighted by atomic mass is 9.82. The number of sulfonamides is 1. The van der Waals surface area contributed by atoms with Gasteiger partial charge >= 0.3 is 118 Å². The Morgan fingerprint density at radius 2 is 0.538 bits per heavy atom. The molecule has 0 rings (SSSR count). The molecule has 45 heteroatoms. The topological polar surface area (TPSA) is 72.5 Å². The molecular weight excluding hydrogens is 1250 g/mol. The molecule has 5 nitrogen and oxygen atoms in total. The van der Waals surface area contributed by atoms with Crippen LogP contribution in [0.4, 0.5) is 171 Å². The molecule has 0 aliphatic heterocycles. The van der Waals surface area contributed by atoms with Gasteiger partial charge in [0.15, 0.2) is 0 Å². The lowest BCUT2D eigenvalue weighted by Gasteiger charge is -2.47. The van der Waals surface area contributed by atoms with Crippen LogP contribution in [0.5, 0.6) is 0 Å². The highest BCUT2D eigenvalue weighted by Gasteiger charge is 3.03. The van der Waals surface area contributed by atoms with Crippen molar-refractivity contribution in [2.75, 3.05) is 13.2 Å². The molecule has 78 heavy (non-hydrogen) atoms. The van der Waals surface area contributed by atoms with Crippen LogP contribution in [-0.4, -0.2) is 140 Å². The van der Waals surface area contributed by atoms with E-state index in [0.29, 0.717) is 6.42 Å². The quantitative estimate of drug-likeness (QED) is 0.0442. The van der Waals surface area contributed by atoms with Crippen LogP contribution in [0.25, 0.3) is 0 Å². The van der Waals surface area contributed by atoms with Crippen molar-refractivity contribution in [3.05, 3.63) is 0 Å². The van der Waals surface area contributed by atoms with Crippen molar-refractivity contribution < 1.29 is 189 Å². The van der Waals surface area contributed by atoms with Crippen LogP contribution in [0.1, 0.15) is 65.7 Å². The summed E-state index contributed by atoms with van der Waals surface area (Å²) < 4.78 is 571. The highest BCUT2D eigenvalue weighted by atomic mass is 32.2. The SMILES string of the molecule is CCC(C)(C)C(=O)OCCCCCCCCNS(=O)(=O)C(F)(F)C(F)(F)C(F)(F)C(F)(F)C(F)(F)C(F)(F)C(F)(F)C(F)(F)C(F)(F)C(F)(F)C(F)(F)C(F)(F)C(F)(F)C(F)(F)C(F)(F)C(F)(F)C(F)(F)C(F)(F)C(F)(F)F. The average Bonchev–Trinajstić information content (AvgIpc) is 3.24. The molecule has 0 amide bonds. The molecule has 0 saturated carbocycles. The zero-order valence-electron chi connectivity index (χ0n) is 37.1. The first-order valence-electron chi connectivity index (χ1n) is 19.5. The number of unbranched alkanes of at least 4 members (excludes halogenated alkanes) is 5. The second kappa shape index (κ2) is 20.8. The maximum Gasteiger partial charge on any atom is 0.460 e. The summed E-state index contributed by atoms with van der Waals surface area (Å²) in [7, 11) is -7.93. The molecule has 0 heterocycles. The van der Waals surface area contributed by atoms with Gasteiger partial charge in [-0.25, -0.2) is 13.1 Å². The molecule has 1 N–H and O–H groups in total. The Labute approximate surface area is 406 Å². The first-order chi connectivity index (χ1) is 33.4. The van der Waals surface area contributed by atoms with Crippen molar-refractivity contribution in [3.8, 4) is 0 Å². The van der Waals surface area contributed by atoms with E-state index in [9.17, 15) is 184 Å². The Hall–Kier alpha value is -3.35. The number of esters is 1. The van der Waals surface area contributed by atoms with Gasteiger partial charge in [0.25, 0.3) is 10.0 Å². The molecule has 0 aromatic carbocycles. The summed E-state index contributed by atoms with van der Waals surface area (Å²) in [5.74, 6) is -173. The van der Waals surface area contributed by atoms with Crippen LogP contribution in [0.3, 0.4) is 0 Å². The summed E-state index contributed by atoms with van der Waals surface area (Å²) in [5, 5.41) is -8.26. The van der Waals surface area contributed by atoms with Gasteiger partial charge in [-0.3, -0.25) is 4.79 Å². The van der Waals surface area contributed by atoms with Crippen LogP contribution in [0, 0.1) is 5.41 Å². The maximum absolute atomic E-state index is 14.4. The van der Waals surface area contributed by atoms with Crippen molar-refractivity contribution in [1.82, 2.24) is 4.72 Å². The zero-order valence-corrected chi connectivity index (χ0v) is 38.0. The molecular formula is C33H28F39NO4S.